The fourth-order valence-electron chi connectivity index (χ4n) is 3.82. The van der Waals surface area contributed by atoms with Crippen LogP contribution < -0.4 is 15.0 Å². The van der Waals surface area contributed by atoms with E-state index in [1.54, 1.807) is 6.20 Å². The number of halogens is 2. The average Bonchev–Trinajstić information content (AvgIpc) is 3.14. The van der Waals surface area contributed by atoms with Crippen LogP contribution in [-0.4, -0.2) is 46.9 Å². The van der Waals surface area contributed by atoms with Crippen molar-refractivity contribution in [3.05, 3.63) is 24.4 Å². The lowest BCUT2D eigenvalue weighted by atomic mass is 10.1. The van der Waals surface area contributed by atoms with Crippen molar-refractivity contribution >= 4 is 17.6 Å². The van der Waals surface area contributed by atoms with Crippen LogP contribution in [0.2, 0.25) is 0 Å². The summed E-state index contributed by atoms with van der Waals surface area (Å²) in [5.41, 5.74) is 1.41. The van der Waals surface area contributed by atoms with Gasteiger partial charge in [0.1, 0.15) is 29.8 Å². The van der Waals surface area contributed by atoms with Gasteiger partial charge >= 0.3 is 6.09 Å². The Kier molecular flexibility index (Phi) is 3.75. The smallest absolute Gasteiger partial charge is 0.416 e. The standard InChI is InChI=1S/C19H20F2N4O3/c1-2-22-11-3-4-12-14(7-11)28-19(5-6-19)10-24-8-15(23-17(12)24)25-13(16(20)21)9-27-18(25)26/h3-4,7-8,13,16,22H,2,5-6,9-10H2,1H3. The summed E-state index contributed by atoms with van der Waals surface area (Å²) < 4.78 is 39.7. The molecule has 7 nitrogen and oxygen atoms in total. The third-order valence-electron chi connectivity index (χ3n) is 5.40. The number of aromatic nitrogens is 2. The zero-order valence-electron chi connectivity index (χ0n) is 15.3. The van der Waals surface area contributed by atoms with E-state index in [0.717, 1.165) is 35.5 Å². The Bertz CT molecular complexity index is 941. The first-order valence-electron chi connectivity index (χ1n) is 9.38. The molecule has 2 fully saturated rings. The molecular formula is C19H20F2N4O3. The number of carbonyl (C=O) groups excluding carboxylic acids is 1. The van der Waals surface area contributed by atoms with Gasteiger partial charge in [0.25, 0.3) is 6.43 Å². The van der Waals surface area contributed by atoms with Gasteiger partial charge in [0.15, 0.2) is 5.82 Å². The van der Waals surface area contributed by atoms with Gasteiger partial charge < -0.3 is 19.4 Å². The first kappa shape index (κ1) is 17.3. The number of amides is 1. The maximum absolute atomic E-state index is 13.4. The number of hydrogen-bond acceptors (Lipinski definition) is 5. The Balaban J connectivity index is 1.59. The summed E-state index contributed by atoms with van der Waals surface area (Å²) in [5.74, 6) is 1.49. The molecule has 1 unspecified atom stereocenters. The third kappa shape index (κ3) is 2.68. The monoisotopic (exact) mass is 390 g/mol. The summed E-state index contributed by atoms with van der Waals surface area (Å²) in [5, 5.41) is 3.26. The zero-order chi connectivity index (χ0) is 19.5. The molecule has 1 spiro atoms. The van der Waals surface area contributed by atoms with Crippen LogP contribution >= 0.6 is 0 Å². The van der Waals surface area contributed by atoms with Crippen LogP contribution in [0.4, 0.5) is 25.1 Å². The molecule has 2 aromatic rings. The predicted octanol–water partition coefficient (Wildman–Crippen LogP) is 3.50. The molecule has 1 aliphatic carbocycles. The van der Waals surface area contributed by atoms with Crippen molar-refractivity contribution in [2.24, 2.45) is 0 Å². The Labute approximate surface area is 160 Å². The van der Waals surface area contributed by atoms with Crippen LogP contribution in [0, 0.1) is 0 Å². The molecule has 148 valence electrons. The number of carbonyl (C=O) groups is 1. The molecule has 1 aromatic carbocycles. The highest BCUT2D eigenvalue weighted by atomic mass is 19.3. The molecule has 28 heavy (non-hydrogen) atoms. The topological polar surface area (TPSA) is 68.6 Å². The summed E-state index contributed by atoms with van der Waals surface area (Å²) >= 11 is 0. The van der Waals surface area contributed by atoms with Crippen molar-refractivity contribution in [3.8, 4) is 17.1 Å². The first-order chi connectivity index (χ1) is 13.5. The Morgan fingerprint density at radius 3 is 2.93 bits per heavy atom. The van der Waals surface area contributed by atoms with Gasteiger partial charge in [0.2, 0.25) is 0 Å². The van der Waals surface area contributed by atoms with Gasteiger partial charge in [-0.1, -0.05) is 0 Å². The van der Waals surface area contributed by atoms with Gasteiger partial charge in [-0.15, -0.1) is 0 Å². The summed E-state index contributed by atoms with van der Waals surface area (Å²) in [6.07, 6.45) is -0.0276. The lowest BCUT2D eigenvalue weighted by molar-refractivity contribution is 0.104. The highest BCUT2D eigenvalue weighted by molar-refractivity contribution is 5.89. The minimum atomic E-state index is -2.71. The summed E-state index contributed by atoms with van der Waals surface area (Å²) in [6.45, 7) is 3.02. The lowest BCUT2D eigenvalue weighted by Crippen LogP contribution is -2.39. The van der Waals surface area contributed by atoms with E-state index in [9.17, 15) is 13.6 Å². The molecule has 3 aliphatic rings. The second-order valence-electron chi connectivity index (χ2n) is 7.43. The number of alkyl halides is 2. The number of nitrogens with zero attached hydrogens (tertiary/aromatic N) is 3. The van der Waals surface area contributed by atoms with Gasteiger partial charge in [-0.2, -0.15) is 0 Å². The number of ether oxygens (including phenoxy) is 2. The number of benzene rings is 1. The average molecular weight is 390 g/mol. The molecule has 3 heterocycles. The van der Waals surface area contributed by atoms with E-state index in [2.05, 4.69) is 10.3 Å². The molecule has 1 aromatic heterocycles. The van der Waals surface area contributed by atoms with E-state index < -0.39 is 18.6 Å². The fraction of sp³-hybridized carbons (Fsp3) is 0.474. The number of imidazole rings is 1. The van der Waals surface area contributed by atoms with E-state index >= 15 is 0 Å². The summed E-state index contributed by atoms with van der Waals surface area (Å²) in [6, 6.07) is 4.45. The van der Waals surface area contributed by atoms with Crippen molar-refractivity contribution in [3.63, 3.8) is 0 Å². The second-order valence-corrected chi connectivity index (χ2v) is 7.43. The molecule has 0 radical (unpaired) electrons. The summed E-state index contributed by atoms with van der Waals surface area (Å²) in [4.78, 5) is 17.6. The maximum atomic E-state index is 13.4. The van der Waals surface area contributed by atoms with E-state index in [0.29, 0.717) is 18.1 Å². The highest BCUT2D eigenvalue weighted by Crippen LogP contribution is 2.48. The molecule has 1 amide bonds. The van der Waals surface area contributed by atoms with Crippen molar-refractivity contribution in [2.45, 2.75) is 44.4 Å². The first-order valence-corrected chi connectivity index (χ1v) is 9.38. The number of rotatable bonds is 4. The number of hydrogen-bond donors (Lipinski definition) is 1. The maximum Gasteiger partial charge on any atom is 0.416 e. The lowest BCUT2D eigenvalue weighted by Gasteiger charge is -2.19. The number of cyclic esters (lactones) is 1. The minimum Gasteiger partial charge on any atom is -0.485 e. The quantitative estimate of drug-likeness (QED) is 0.866. The predicted molar refractivity (Wildman–Crippen MR) is 98.0 cm³/mol. The van der Waals surface area contributed by atoms with Crippen LogP contribution in [0.5, 0.6) is 5.75 Å². The van der Waals surface area contributed by atoms with Gasteiger partial charge in [0.05, 0.1) is 12.1 Å². The van der Waals surface area contributed by atoms with E-state index in [1.165, 1.54) is 0 Å². The third-order valence-corrected chi connectivity index (χ3v) is 5.40. The molecule has 1 N–H and O–H groups in total. The molecule has 9 heteroatoms. The summed E-state index contributed by atoms with van der Waals surface area (Å²) in [7, 11) is 0. The molecule has 1 saturated heterocycles. The number of fused-ring (bicyclic) bond motifs is 3. The Morgan fingerprint density at radius 1 is 1.39 bits per heavy atom. The fourth-order valence-corrected chi connectivity index (χ4v) is 3.82. The Morgan fingerprint density at radius 2 is 2.21 bits per heavy atom. The van der Waals surface area contributed by atoms with Crippen LogP contribution in [0.1, 0.15) is 19.8 Å². The normalized spacial score (nSPS) is 21.8. The van der Waals surface area contributed by atoms with E-state index in [1.807, 2.05) is 29.7 Å². The van der Waals surface area contributed by atoms with E-state index in [4.69, 9.17) is 9.47 Å². The van der Waals surface area contributed by atoms with Gasteiger partial charge in [-0.3, -0.25) is 0 Å². The van der Waals surface area contributed by atoms with Crippen LogP contribution in [0.3, 0.4) is 0 Å². The van der Waals surface area contributed by atoms with Crippen molar-refractivity contribution in [2.75, 3.05) is 23.4 Å². The van der Waals surface area contributed by atoms with E-state index in [-0.39, 0.29) is 18.0 Å². The Hall–Kier alpha value is -2.84. The molecular weight excluding hydrogens is 370 g/mol. The van der Waals surface area contributed by atoms with Crippen molar-refractivity contribution < 1.29 is 23.0 Å². The van der Waals surface area contributed by atoms with Crippen LogP contribution in [-0.2, 0) is 11.3 Å². The molecule has 5 rings (SSSR count). The molecule has 1 atom stereocenters. The second kappa shape index (κ2) is 6.08. The van der Waals surface area contributed by atoms with Gasteiger partial charge in [-0.25, -0.2) is 23.5 Å². The zero-order valence-corrected chi connectivity index (χ0v) is 15.3. The van der Waals surface area contributed by atoms with Crippen LogP contribution in [0.25, 0.3) is 11.4 Å². The molecule has 2 aliphatic heterocycles. The van der Waals surface area contributed by atoms with Gasteiger partial charge in [0, 0.05) is 24.5 Å². The number of nitrogens with one attached hydrogen (secondary N) is 1. The minimum absolute atomic E-state index is 0.183. The SMILES string of the molecule is CCNc1ccc2c(c1)OC1(CC1)Cn1cc(N3C(=O)OCC3C(F)F)nc1-2. The largest absolute Gasteiger partial charge is 0.485 e. The highest BCUT2D eigenvalue weighted by Gasteiger charge is 2.49. The van der Waals surface area contributed by atoms with Crippen molar-refractivity contribution in [1.29, 1.82) is 0 Å². The van der Waals surface area contributed by atoms with Gasteiger partial charge in [-0.05, 0) is 31.9 Å². The number of anilines is 2. The molecule has 0 bridgehead atoms. The van der Waals surface area contributed by atoms with Crippen molar-refractivity contribution in [1.82, 2.24) is 9.55 Å². The van der Waals surface area contributed by atoms with Crippen LogP contribution in [0.15, 0.2) is 24.4 Å². The molecule has 1 saturated carbocycles.